The molecule has 0 N–H and O–H groups in total. The van der Waals surface area contributed by atoms with Crippen molar-refractivity contribution in [3.8, 4) is 39.1 Å². The first kappa shape index (κ1) is 29.0. The molecule has 0 bridgehead atoms. The van der Waals surface area contributed by atoms with Crippen molar-refractivity contribution in [2.24, 2.45) is 0 Å². The van der Waals surface area contributed by atoms with Crippen molar-refractivity contribution in [1.29, 1.82) is 0 Å². The van der Waals surface area contributed by atoms with Gasteiger partial charge >= 0.3 is 0 Å². The molecule has 2 aromatic heterocycles. The van der Waals surface area contributed by atoms with Crippen molar-refractivity contribution in [2.45, 2.75) is 5.92 Å². The summed E-state index contributed by atoms with van der Waals surface area (Å²) >= 11 is 0. The van der Waals surface area contributed by atoms with E-state index in [1.165, 1.54) is 88.6 Å². The molecule has 0 radical (unpaired) electrons. The summed E-state index contributed by atoms with van der Waals surface area (Å²) in [5.74, 6) is 0.208. The van der Waals surface area contributed by atoms with E-state index in [9.17, 15) is 0 Å². The van der Waals surface area contributed by atoms with Crippen LogP contribution in [0, 0.1) is 0 Å². The maximum atomic E-state index is 4.50. The first-order chi connectivity index (χ1) is 25.8. The summed E-state index contributed by atoms with van der Waals surface area (Å²) in [6.45, 7) is 0. The first-order valence-electron chi connectivity index (χ1n) is 18.0. The predicted octanol–water partition coefficient (Wildman–Crippen LogP) is 12.6. The van der Waals surface area contributed by atoms with Gasteiger partial charge in [0.05, 0.1) is 17.2 Å². The molecule has 7 aromatic carbocycles. The molecule has 1 atom stereocenters. The number of aromatic nitrogens is 2. The molecule has 0 saturated heterocycles. The number of pyridine rings is 1. The monoisotopic (exact) mass is 660 g/mol. The molecule has 2 nitrogen and oxygen atoms in total. The molecule has 52 heavy (non-hydrogen) atoms. The Kier molecular flexibility index (Phi) is 6.35. The van der Waals surface area contributed by atoms with Crippen LogP contribution >= 0.6 is 0 Å². The van der Waals surface area contributed by atoms with Gasteiger partial charge in [0.1, 0.15) is 0 Å². The summed E-state index contributed by atoms with van der Waals surface area (Å²) in [6, 6.07) is 62.3. The fourth-order valence-electron chi connectivity index (χ4n) is 8.80. The van der Waals surface area contributed by atoms with Crippen molar-refractivity contribution < 1.29 is 0 Å². The van der Waals surface area contributed by atoms with Gasteiger partial charge < -0.3 is 4.57 Å². The molecule has 2 heterocycles. The summed E-state index contributed by atoms with van der Waals surface area (Å²) in [7, 11) is 0. The van der Waals surface area contributed by atoms with E-state index in [4.69, 9.17) is 0 Å². The van der Waals surface area contributed by atoms with Crippen molar-refractivity contribution in [1.82, 2.24) is 9.55 Å². The third-order valence-electron chi connectivity index (χ3n) is 11.1. The number of benzene rings is 7. The molecule has 2 aliphatic rings. The van der Waals surface area contributed by atoms with Crippen LogP contribution in [0.25, 0.3) is 72.5 Å². The Morgan fingerprint density at radius 3 is 2.06 bits per heavy atom. The first-order valence-corrected chi connectivity index (χ1v) is 18.0. The van der Waals surface area contributed by atoms with Crippen LogP contribution < -0.4 is 0 Å². The van der Waals surface area contributed by atoms with Gasteiger partial charge in [0.2, 0.25) is 0 Å². The highest BCUT2D eigenvalue weighted by Gasteiger charge is 2.30. The van der Waals surface area contributed by atoms with Gasteiger partial charge in [0.25, 0.3) is 0 Å². The van der Waals surface area contributed by atoms with E-state index in [2.05, 4.69) is 185 Å². The second-order valence-electron chi connectivity index (χ2n) is 13.9. The Balaban J connectivity index is 0.984. The molecule has 2 heteroatoms. The van der Waals surface area contributed by atoms with Gasteiger partial charge in [-0.05, 0) is 109 Å². The van der Waals surface area contributed by atoms with E-state index in [-0.39, 0.29) is 5.92 Å². The Hall–Kier alpha value is -6.77. The normalized spacial score (nSPS) is 14.8. The van der Waals surface area contributed by atoms with Gasteiger partial charge in [-0.3, -0.25) is 4.98 Å². The summed E-state index contributed by atoms with van der Waals surface area (Å²) in [4.78, 5) is 4.50. The molecule has 9 aromatic rings. The minimum absolute atomic E-state index is 0.208. The standard InChI is InChI=1S/C50H32N2/c1-2-10-33(11-3-1)35-22-24-44-46(29-35)39-14-6-7-16-43(39)50(44)34-20-18-32(19-21-34)28-45-37-12-4-5-13-38(37)47-30-36(23-25-40(45)47)52-48-17-9-8-15-41(48)42-26-27-51-31-49(42)52/h1-31,50H/b45-28-. The van der Waals surface area contributed by atoms with E-state index in [0.717, 1.165) is 11.2 Å². The molecule has 0 aliphatic heterocycles. The maximum absolute atomic E-state index is 4.50. The topological polar surface area (TPSA) is 17.8 Å². The van der Waals surface area contributed by atoms with Crippen molar-refractivity contribution in [3.05, 3.63) is 216 Å². The molecule has 1 unspecified atom stereocenters. The Bertz CT molecular complexity index is 2840. The van der Waals surface area contributed by atoms with Crippen molar-refractivity contribution in [2.75, 3.05) is 0 Å². The molecule has 0 amide bonds. The minimum atomic E-state index is 0.208. The number of hydrogen-bond donors (Lipinski definition) is 0. The van der Waals surface area contributed by atoms with E-state index in [0.29, 0.717) is 0 Å². The second kappa shape index (κ2) is 11.4. The lowest BCUT2D eigenvalue weighted by Crippen LogP contribution is -1.99. The average Bonchev–Trinajstić information content (AvgIpc) is 3.84. The van der Waals surface area contributed by atoms with Gasteiger partial charge in [0.15, 0.2) is 0 Å². The number of para-hydroxylation sites is 1. The van der Waals surface area contributed by atoms with Gasteiger partial charge in [-0.15, -0.1) is 0 Å². The van der Waals surface area contributed by atoms with Crippen LogP contribution in [0.2, 0.25) is 0 Å². The number of rotatable bonds is 4. The van der Waals surface area contributed by atoms with Crippen LogP contribution in [0.5, 0.6) is 0 Å². The van der Waals surface area contributed by atoms with E-state index in [1.54, 1.807) is 0 Å². The molecule has 0 spiro atoms. The lowest BCUT2D eigenvalue weighted by molar-refractivity contribution is 1.01. The zero-order valence-electron chi connectivity index (χ0n) is 28.4. The summed E-state index contributed by atoms with van der Waals surface area (Å²) < 4.78 is 2.35. The molecule has 0 saturated carbocycles. The molecule has 2 aliphatic carbocycles. The quantitative estimate of drug-likeness (QED) is 0.184. The molecular formula is C50H32N2. The van der Waals surface area contributed by atoms with Crippen LogP contribution in [0.3, 0.4) is 0 Å². The zero-order valence-corrected chi connectivity index (χ0v) is 28.4. The number of hydrogen-bond acceptors (Lipinski definition) is 1. The smallest absolute Gasteiger partial charge is 0.0724 e. The predicted molar refractivity (Wildman–Crippen MR) is 216 cm³/mol. The Labute approximate surface area is 302 Å². The van der Waals surface area contributed by atoms with E-state index >= 15 is 0 Å². The van der Waals surface area contributed by atoms with E-state index in [1.807, 2.05) is 12.4 Å². The highest BCUT2D eigenvalue weighted by Crippen LogP contribution is 2.50. The van der Waals surface area contributed by atoms with Crippen molar-refractivity contribution in [3.63, 3.8) is 0 Å². The third kappa shape index (κ3) is 4.34. The van der Waals surface area contributed by atoms with Crippen LogP contribution in [0.4, 0.5) is 0 Å². The molecule has 11 rings (SSSR count). The zero-order chi connectivity index (χ0) is 34.2. The van der Waals surface area contributed by atoms with Crippen LogP contribution in [0.1, 0.15) is 39.3 Å². The lowest BCUT2D eigenvalue weighted by atomic mass is 9.88. The maximum Gasteiger partial charge on any atom is 0.0724 e. The molecular weight excluding hydrogens is 629 g/mol. The van der Waals surface area contributed by atoms with Gasteiger partial charge in [-0.25, -0.2) is 0 Å². The largest absolute Gasteiger partial charge is 0.308 e. The van der Waals surface area contributed by atoms with E-state index < -0.39 is 0 Å². The summed E-state index contributed by atoms with van der Waals surface area (Å²) in [5, 5.41) is 2.46. The molecule has 0 fully saturated rings. The fraction of sp³-hybridized carbons (Fsp3) is 0.0200. The lowest BCUT2D eigenvalue weighted by Gasteiger charge is -2.15. The van der Waals surface area contributed by atoms with Crippen LogP contribution in [-0.4, -0.2) is 9.55 Å². The number of nitrogens with zero attached hydrogens (tertiary/aromatic N) is 2. The Morgan fingerprint density at radius 1 is 0.462 bits per heavy atom. The SMILES string of the molecule is C(=C1\c2ccccc2-c2cc(-n3c4ccccc4c4ccncc43)ccc21)/c1ccc(C2c3ccccc3-c3cc(-c4ccccc4)ccc32)cc1. The van der Waals surface area contributed by atoms with Gasteiger partial charge in [-0.1, -0.05) is 140 Å². The molecule has 242 valence electrons. The average molecular weight is 661 g/mol. The fourth-order valence-corrected chi connectivity index (χ4v) is 8.80. The van der Waals surface area contributed by atoms with Crippen LogP contribution in [-0.2, 0) is 0 Å². The van der Waals surface area contributed by atoms with Crippen LogP contribution in [0.15, 0.2) is 182 Å². The Morgan fingerprint density at radius 2 is 1.17 bits per heavy atom. The summed E-state index contributed by atoms with van der Waals surface area (Å²) in [6.07, 6.45) is 6.23. The third-order valence-corrected chi connectivity index (χ3v) is 11.1. The summed E-state index contributed by atoms with van der Waals surface area (Å²) in [5.41, 5.74) is 20.2. The minimum Gasteiger partial charge on any atom is -0.308 e. The number of fused-ring (bicyclic) bond motifs is 9. The van der Waals surface area contributed by atoms with Crippen molar-refractivity contribution >= 4 is 33.5 Å². The highest BCUT2D eigenvalue weighted by molar-refractivity contribution is 6.10. The van der Waals surface area contributed by atoms with Gasteiger partial charge in [0, 0.05) is 28.6 Å². The highest BCUT2D eigenvalue weighted by atomic mass is 15.0. The van der Waals surface area contributed by atoms with Gasteiger partial charge in [-0.2, -0.15) is 0 Å². The second-order valence-corrected chi connectivity index (χ2v) is 13.9.